The van der Waals surface area contributed by atoms with Crippen molar-refractivity contribution in [1.29, 1.82) is 0 Å². The number of benzene rings is 2. The fraction of sp³-hybridized carbons (Fsp3) is 0.250. The number of rotatable bonds is 9. The molecule has 33 heavy (non-hydrogen) atoms. The molecule has 0 atom stereocenters. The van der Waals surface area contributed by atoms with Crippen molar-refractivity contribution in [2.45, 2.75) is 11.8 Å². The van der Waals surface area contributed by atoms with Gasteiger partial charge in [0, 0.05) is 26.2 Å². The number of hydrogen-bond donors (Lipinski definition) is 3. The lowest BCUT2D eigenvalue weighted by molar-refractivity contribution is 0.571. The average molecular weight is 555 g/mol. The van der Waals surface area contributed by atoms with Gasteiger partial charge in [0.15, 0.2) is 5.13 Å². The lowest BCUT2D eigenvalue weighted by Gasteiger charge is -2.24. The average Bonchev–Trinajstić information content (AvgIpc) is 3.13. The van der Waals surface area contributed by atoms with E-state index in [0.29, 0.717) is 10.0 Å². The molecule has 0 unspecified atom stereocenters. The molecule has 0 spiro atoms. The highest BCUT2D eigenvalue weighted by molar-refractivity contribution is 7.93. The number of aromatic nitrogens is 1. The van der Waals surface area contributed by atoms with Crippen LogP contribution < -0.4 is 20.3 Å². The molecule has 3 rings (SSSR count). The molecule has 180 valence electrons. The van der Waals surface area contributed by atoms with Gasteiger partial charge in [-0.3, -0.25) is 4.72 Å². The fourth-order valence-electron chi connectivity index (χ4n) is 2.91. The predicted molar refractivity (Wildman–Crippen MR) is 138 cm³/mol. The van der Waals surface area contributed by atoms with Crippen molar-refractivity contribution in [1.82, 2.24) is 10.3 Å². The normalized spacial score (nSPS) is 11.1. The van der Waals surface area contributed by atoms with E-state index in [1.165, 1.54) is 6.20 Å². The molecule has 13 heteroatoms. The molecule has 0 bridgehead atoms. The zero-order valence-corrected chi connectivity index (χ0v) is 21.9. The molecule has 7 nitrogen and oxygen atoms in total. The Kier molecular flexibility index (Phi) is 9.59. The first-order chi connectivity index (χ1) is 15.1. The van der Waals surface area contributed by atoms with E-state index in [1.807, 2.05) is 39.2 Å². The second kappa shape index (κ2) is 11.5. The first-order valence-corrected chi connectivity index (χ1v) is 12.5. The fourth-order valence-corrected chi connectivity index (χ4v) is 5.33. The summed E-state index contributed by atoms with van der Waals surface area (Å²) in [7, 11) is -0.419. The maximum atomic E-state index is 14.8. The molecular formula is C20H23Cl3FN5O2S2. The van der Waals surface area contributed by atoms with Gasteiger partial charge in [-0.2, -0.15) is 0 Å². The Bertz CT molecular complexity index is 1220. The predicted octanol–water partition coefficient (Wildman–Crippen LogP) is 5.52. The van der Waals surface area contributed by atoms with Gasteiger partial charge >= 0.3 is 0 Å². The Morgan fingerprint density at radius 2 is 1.91 bits per heavy atom. The molecule has 3 N–H and O–H groups in total. The summed E-state index contributed by atoms with van der Waals surface area (Å²) >= 11 is 13.0. The van der Waals surface area contributed by atoms with Crippen LogP contribution in [0.2, 0.25) is 9.36 Å². The number of anilines is 4. The summed E-state index contributed by atoms with van der Waals surface area (Å²) in [5.41, 5.74) is 2.92. The molecule has 2 aromatic carbocycles. The van der Waals surface area contributed by atoms with Crippen LogP contribution in [0.25, 0.3) is 0 Å². The molecule has 0 saturated heterocycles. The van der Waals surface area contributed by atoms with Gasteiger partial charge in [0.25, 0.3) is 10.0 Å². The second-order valence-electron chi connectivity index (χ2n) is 7.01. The van der Waals surface area contributed by atoms with Crippen LogP contribution in [-0.4, -0.2) is 40.6 Å². The van der Waals surface area contributed by atoms with E-state index in [2.05, 4.69) is 25.2 Å². The highest BCUT2D eigenvalue weighted by Gasteiger charge is 2.23. The molecule has 0 radical (unpaired) electrons. The quantitative estimate of drug-likeness (QED) is 0.323. The van der Waals surface area contributed by atoms with Crippen molar-refractivity contribution in [3.05, 3.63) is 57.3 Å². The lowest BCUT2D eigenvalue weighted by Crippen LogP contribution is -2.27. The Labute approximate surface area is 212 Å². The Balaban J connectivity index is 0.00000385. The number of sulfonamides is 1. The van der Waals surface area contributed by atoms with Crippen LogP contribution in [0.5, 0.6) is 0 Å². The molecule has 0 aliphatic rings. The molecule has 0 fully saturated rings. The zero-order valence-electron chi connectivity index (χ0n) is 17.9. The van der Waals surface area contributed by atoms with E-state index < -0.39 is 20.7 Å². The van der Waals surface area contributed by atoms with Crippen LogP contribution in [-0.2, 0) is 10.0 Å². The lowest BCUT2D eigenvalue weighted by atomic mass is 10.1. The summed E-state index contributed by atoms with van der Waals surface area (Å²) in [5.74, 6) is -0.954. The SMILES string of the molecule is CNCCN(C)c1cc(C)ccc1Nc1cc(F)c(S(=O)(=O)Nc2ncc(Cl)s2)cc1Cl.Cl. The van der Waals surface area contributed by atoms with Gasteiger partial charge in [0.05, 0.1) is 28.3 Å². The van der Waals surface area contributed by atoms with Crippen molar-refractivity contribution < 1.29 is 12.8 Å². The highest BCUT2D eigenvalue weighted by Crippen LogP contribution is 2.35. The van der Waals surface area contributed by atoms with E-state index in [0.717, 1.165) is 47.8 Å². The Morgan fingerprint density at radius 1 is 1.18 bits per heavy atom. The molecular weight excluding hydrogens is 532 g/mol. The van der Waals surface area contributed by atoms with Gasteiger partial charge in [-0.1, -0.05) is 40.6 Å². The maximum Gasteiger partial charge on any atom is 0.266 e. The largest absolute Gasteiger partial charge is 0.372 e. The number of thiazole rings is 1. The third-order valence-electron chi connectivity index (χ3n) is 4.54. The van der Waals surface area contributed by atoms with Gasteiger partial charge in [-0.25, -0.2) is 17.8 Å². The van der Waals surface area contributed by atoms with E-state index in [-0.39, 0.29) is 28.2 Å². The van der Waals surface area contributed by atoms with Crippen LogP contribution in [0.1, 0.15) is 5.56 Å². The molecule has 1 aromatic heterocycles. The Morgan fingerprint density at radius 3 is 2.55 bits per heavy atom. The van der Waals surface area contributed by atoms with E-state index in [1.54, 1.807) is 0 Å². The highest BCUT2D eigenvalue weighted by atomic mass is 35.5. The summed E-state index contributed by atoms with van der Waals surface area (Å²) in [6.45, 7) is 3.51. The van der Waals surface area contributed by atoms with Crippen molar-refractivity contribution >= 4 is 79.2 Å². The van der Waals surface area contributed by atoms with Crippen molar-refractivity contribution in [2.24, 2.45) is 0 Å². The van der Waals surface area contributed by atoms with Crippen LogP contribution in [0.4, 0.5) is 26.6 Å². The third kappa shape index (κ3) is 6.84. The van der Waals surface area contributed by atoms with Crippen molar-refractivity contribution in [2.75, 3.05) is 42.1 Å². The van der Waals surface area contributed by atoms with Crippen molar-refractivity contribution in [3.63, 3.8) is 0 Å². The smallest absolute Gasteiger partial charge is 0.266 e. The minimum Gasteiger partial charge on any atom is -0.372 e. The Hall–Kier alpha value is -1.82. The van der Waals surface area contributed by atoms with Crippen LogP contribution in [0, 0.1) is 12.7 Å². The number of nitrogens with one attached hydrogen (secondary N) is 3. The topological polar surface area (TPSA) is 86.4 Å². The van der Waals surface area contributed by atoms with Gasteiger partial charge in [-0.15, -0.1) is 12.4 Å². The van der Waals surface area contributed by atoms with Crippen molar-refractivity contribution in [3.8, 4) is 0 Å². The van der Waals surface area contributed by atoms with E-state index in [4.69, 9.17) is 23.2 Å². The number of aryl methyl sites for hydroxylation is 1. The standard InChI is InChI=1S/C20H22Cl2FN5O2S2.ClH/c1-12-4-5-15(17(8-12)28(3)7-6-24-2)26-16-10-14(23)18(9-13(16)21)32(29,30)27-20-25-11-19(22)31-20;/h4-5,8-11,24,26H,6-7H2,1-3H3,(H,25,27);1H. The molecule has 1 heterocycles. The van der Waals surface area contributed by atoms with Gasteiger partial charge in [0.2, 0.25) is 0 Å². The summed E-state index contributed by atoms with van der Waals surface area (Å²) in [6, 6.07) is 7.92. The molecule has 0 aliphatic carbocycles. The molecule has 0 saturated carbocycles. The van der Waals surface area contributed by atoms with Gasteiger partial charge < -0.3 is 15.5 Å². The van der Waals surface area contributed by atoms with Gasteiger partial charge in [0.1, 0.15) is 15.0 Å². The number of nitrogens with zero attached hydrogens (tertiary/aromatic N) is 2. The summed E-state index contributed by atoms with van der Waals surface area (Å²) in [6.07, 6.45) is 1.30. The number of halogens is 4. The first-order valence-electron chi connectivity index (χ1n) is 9.47. The summed E-state index contributed by atoms with van der Waals surface area (Å²) in [4.78, 5) is 5.29. The zero-order chi connectivity index (χ0) is 23.5. The maximum absolute atomic E-state index is 14.8. The van der Waals surface area contributed by atoms with E-state index >= 15 is 0 Å². The van der Waals surface area contributed by atoms with Crippen LogP contribution in [0.15, 0.2) is 41.4 Å². The van der Waals surface area contributed by atoms with E-state index in [9.17, 15) is 12.8 Å². The van der Waals surface area contributed by atoms with Gasteiger partial charge in [-0.05, 0) is 37.7 Å². The number of hydrogen-bond acceptors (Lipinski definition) is 7. The van der Waals surface area contributed by atoms with Crippen LogP contribution >= 0.6 is 46.9 Å². The minimum absolute atomic E-state index is 0. The van der Waals surface area contributed by atoms with Crippen LogP contribution in [0.3, 0.4) is 0 Å². The monoisotopic (exact) mass is 553 g/mol. The summed E-state index contributed by atoms with van der Waals surface area (Å²) in [5, 5.41) is 6.30. The first kappa shape index (κ1) is 27.4. The minimum atomic E-state index is -4.24. The second-order valence-corrected chi connectivity index (χ2v) is 10.7. The number of likely N-dealkylation sites (N-methyl/N-ethyl adjacent to an activating group) is 2. The third-order valence-corrected chi connectivity index (χ3v) is 7.37. The molecule has 0 aliphatic heterocycles. The molecule has 3 aromatic rings. The molecule has 0 amide bonds. The summed E-state index contributed by atoms with van der Waals surface area (Å²) < 4.78 is 42.6.